The summed E-state index contributed by atoms with van der Waals surface area (Å²) < 4.78 is 15.9. The molecule has 0 radical (unpaired) electrons. The summed E-state index contributed by atoms with van der Waals surface area (Å²) in [6, 6.07) is 3.19. The number of esters is 1. The predicted octanol–water partition coefficient (Wildman–Crippen LogP) is 5.41. The largest absolute Gasteiger partial charge is 0.490 e. The number of rotatable bonds is 9. The van der Waals surface area contributed by atoms with Gasteiger partial charge in [0.15, 0.2) is 5.75 Å². The second kappa shape index (κ2) is 10.9. The Balaban J connectivity index is 2.47. The van der Waals surface area contributed by atoms with Crippen LogP contribution in [0, 0.1) is 0 Å². The predicted molar refractivity (Wildman–Crippen MR) is 93.1 cm³/mol. The smallest absolute Gasteiger partial charge is 0.302 e. The quantitative estimate of drug-likeness (QED) is 0.409. The highest BCUT2D eigenvalue weighted by Crippen LogP contribution is 2.37. The molecular weight excluding hydrogens is 386 g/mol. The molecule has 0 aliphatic rings. The first kappa shape index (κ1) is 20.2. The Morgan fingerprint density at radius 2 is 1.70 bits per heavy atom. The number of benzene rings is 1. The average molecular weight is 402 g/mol. The maximum Gasteiger partial charge on any atom is 0.302 e. The molecule has 8 heteroatoms. The first-order chi connectivity index (χ1) is 10.9. The molecule has 1 aromatic carbocycles. The molecule has 4 nitrogen and oxygen atoms in total. The first-order valence-corrected chi connectivity index (χ1v) is 8.30. The zero-order chi connectivity index (χ0) is 17.2. The number of carbonyl (C=O) groups excluding carboxylic acids is 1. The number of unbranched alkanes of at least 4 members (excludes halogenated alkanes) is 1. The van der Waals surface area contributed by atoms with Gasteiger partial charge in [0.05, 0.1) is 23.3 Å². The van der Waals surface area contributed by atoms with Crippen LogP contribution in [0.3, 0.4) is 0 Å². The van der Waals surface area contributed by atoms with Gasteiger partial charge in [-0.05, 0) is 18.9 Å². The fourth-order valence-electron chi connectivity index (χ4n) is 1.55. The molecule has 0 bridgehead atoms. The van der Waals surface area contributed by atoms with Crippen LogP contribution < -0.4 is 9.47 Å². The van der Waals surface area contributed by atoms with Crippen molar-refractivity contribution in [2.24, 2.45) is 0 Å². The summed E-state index contributed by atoms with van der Waals surface area (Å²) in [7, 11) is 0. The van der Waals surface area contributed by atoms with Gasteiger partial charge >= 0.3 is 5.97 Å². The molecule has 0 saturated carbocycles. The lowest BCUT2D eigenvalue weighted by Gasteiger charge is -2.12. The van der Waals surface area contributed by atoms with E-state index in [0.29, 0.717) is 47.6 Å². The third kappa shape index (κ3) is 8.56. The molecule has 23 heavy (non-hydrogen) atoms. The third-order valence-electron chi connectivity index (χ3n) is 2.55. The van der Waals surface area contributed by atoms with Crippen molar-refractivity contribution in [1.29, 1.82) is 0 Å². The van der Waals surface area contributed by atoms with E-state index in [9.17, 15) is 4.79 Å². The van der Waals surface area contributed by atoms with Gasteiger partial charge in [-0.25, -0.2) is 0 Å². The molecule has 1 rings (SSSR count). The molecule has 0 aliphatic heterocycles. The lowest BCUT2D eigenvalue weighted by molar-refractivity contribution is -0.141. The van der Waals surface area contributed by atoms with Crippen LogP contribution in [-0.4, -0.2) is 25.8 Å². The van der Waals surface area contributed by atoms with Crippen LogP contribution in [0.5, 0.6) is 11.5 Å². The summed E-state index contributed by atoms with van der Waals surface area (Å²) in [4.78, 5) is 10.6. The molecular formula is C15H16Cl4O4. The van der Waals surface area contributed by atoms with E-state index in [1.807, 2.05) is 0 Å². The van der Waals surface area contributed by atoms with E-state index in [0.717, 1.165) is 0 Å². The van der Waals surface area contributed by atoms with E-state index in [-0.39, 0.29) is 17.1 Å². The van der Waals surface area contributed by atoms with E-state index in [1.165, 1.54) is 13.0 Å². The standard InChI is InChI=1S/C15H16Cl4O4/c1-10(20)21-5-2-3-6-23-15-12(16)8-11(9-13(15)17)22-7-4-14(18)19/h4,8-9H,2-3,5-7H2,1H3. The molecule has 0 heterocycles. The van der Waals surface area contributed by atoms with Gasteiger partial charge < -0.3 is 14.2 Å². The van der Waals surface area contributed by atoms with E-state index in [1.54, 1.807) is 12.1 Å². The zero-order valence-corrected chi connectivity index (χ0v) is 15.4. The monoisotopic (exact) mass is 400 g/mol. The van der Waals surface area contributed by atoms with Crippen molar-refractivity contribution in [3.05, 3.63) is 32.7 Å². The molecule has 0 aliphatic carbocycles. The Hall–Kier alpha value is -0.810. The fraction of sp³-hybridized carbons (Fsp3) is 0.400. The van der Waals surface area contributed by atoms with E-state index < -0.39 is 0 Å². The van der Waals surface area contributed by atoms with Crippen LogP contribution in [0.4, 0.5) is 0 Å². The lowest BCUT2D eigenvalue weighted by atomic mass is 10.3. The minimum absolute atomic E-state index is 0.121. The molecule has 0 saturated heterocycles. The van der Waals surface area contributed by atoms with E-state index >= 15 is 0 Å². The van der Waals surface area contributed by atoms with Crippen LogP contribution in [0.25, 0.3) is 0 Å². The number of hydrogen-bond acceptors (Lipinski definition) is 4. The minimum Gasteiger partial charge on any atom is -0.490 e. The average Bonchev–Trinajstić information content (AvgIpc) is 2.44. The maximum atomic E-state index is 10.6. The molecule has 0 unspecified atom stereocenters. The van der Waals surface area contributed by atoms with Gasteiger partial charge in [-0.2, -0.15) is 0 Å². The fourth-order valence-corrected chi connectivity index (χ4v) is 2.26. The van der Waals surface area contributed by atoms with Crippen molar-refractivity contribution in [2.45, 2.75) is 19.8 Å². The molecule has 128 valence electrons. The van der Waals surface area contributed by atoms with Gasteiger partial charge in [0.25, 0.3) is 0 Å². The Morgan fingerprint density at radius 1 is 1.09 bits per heavy atom. The molecule has 0 spiro atoms. The van der Waals surface area contributed by atoms with Crippen molar-refractivity contribution in [1.82, 2.24) is 0 Å². The highest BCUT2D eigenvalue weighted by atomic mass is 35.5. The van der Waals surface area contributed by atoms with Gasteiger partial charge in [0.2, 0.25) is 0 Å². The highest BCUT2D eigenvalue weighted by molar-refractivity contribution is 6.55. The zero-order valence-electron chi connectivity index (χ0n) is 12.4. The Kier molecular flexibility index (Phi) is 9.56. The van der Waals surface area contributed by atoms with Gasteiger partial charge in [-0.3, -0.25) is 4.79 Å². The van der Waals surface area contributed by atoms with Crippen molar-refractivity contribution in [2.75, 3.05) is 19.8 Å². The van der Waals surface area contributed by atoms with Gasteiger partial charge in [-0.1, -0.05) is 46.4 Å². The maximum absolute atomic E-state index is 10.6. The molecule has 0 fully saturated rings. The SMILES string of the molecule is CC(=O)OCCCCOc1c(Cl)cc(OCC=C(Cl)Cl)cc1Cl. The van der Waals surface area contributed by atoms with Crippen LogP contribution in [-0.2, 0) is 9.53 Å². The summed E-state index contributed by atoms with van der Waals surface area (Å²) in [6.07, 6.45) is 2.90. The van der Waals surface area contributed by atoms with Crippen LogP contribution in [0.2, 0.25) is 10.0 Å². The van der Waals surface area contributed by atoms with Crippen molar-refractivity contribution < 1.29 is 19.0 Å². The second-order valence-corrected chi connectivity index (χ2v) is 6.24. The van der Waals surface area contributed by atoms with Gasteiger partial charge in [-0.15, -0.1) is 0 Å². The molecule has 1 aromatic rings. The Labute approximate surface area is 155 Å². The van der Waals surface area contributed by atoms with Crippen molar-refractivity contribution in [3.8, 4) is 11.5 Å². The second-order valence-electron chi connectivity index (χ2n) is 4.42. The Bertz CT molecular complexity index is 533. The lowest BCUT2D eigenvalue weighted by Crippen LogP contribution is -2.04. The molecule has 0 N–H and O–H groups in total. The van der Waals surface area contributed by atoms with Crippen LogP contribution in [0.15, 0.2) is 22.7 Å². The summed E-state index contributed by atoms with van der Waals surface area (Å²) in [5.74, 6) is 0.574. The van der Waals surface area contributed by atoms with Crippen LogP contribution in [0.1, 0.15) is 19.8 Å². The topological polar surface area (TPSA) is 44.8 Å². The minimum atomic E-state index is -0.294. The molecule has 0 atom stereocenters. The van der Waals surface area contributed by atoms with E-state index in [2.05, 4.69) is 0 Å². The van der Waals surface area contributed by atoms with Crippen molar-refractivity contribution >= 4 is 52.4 Å². The Morgan fingerprint density at radius 3 is 2.26 bits per heavy atom. The van der Waals surface area contributed by atoms with Crippen molar-refractivity contribution in [3.63, 3.8) is 0 Å². The first-order valence-electron chi connectivity index (χ1n) is 6.79. The van der Waals surface area contributed by atoms with Gasteiger partial charge in [0, 0.05) is 19.1 Å². The van der Waals surface area contributed by atoms with Crippen LogP contribution >= 0.6 is 46.4 Å². The highest BCUT2D eigenvalue weighted by Gasteiger charge is 2.10. The van der Waals surface area contributed by atoms with Gasteiger partial charge in [0.1, 0.15) is 16.8 Å². The summed E-state index contributed by atoms with van der Waals surface area (Å²) in [6.45, 7) is 2.34. The molecule has 0 amide bonds. The summed E-state index contributed by atoms with van der Waals surface area (Å²) in [5, 5.41) is 0.682. The number of hydrogen-bond donors (Lipinski definition) is 0. The number of carbonyl (C=O) groups is 1. The summed E-state index contributed by atoms with van der Waals surface area (Å²) in [5.41, 5.74) is 0. The normalized spacial score (nSPS) is 10.1. The number of halogens is 4. The third-order valence-corrected chi connectivity index (χ3v) is 3.42. The number of ether oxygens (including phenoxy) is 3. The summed E-state index contributed by atoms with van der Waals surface area (Å²) >= 11 is 23.2. The van der Waals surface area contributed by atoms with E-state index in [4.69, 9.17) is 60.6 Å². The molecule has 0 aromatic heterocycles.